The van der Waals surface area contributed by atoms with Crippen molar-refractivity contribution in [2.75, 3.05) is 13.2 Å². The van der Waals surface area contributed by atoms with E-state index in [0.29, 0.717) is 23.5 Å². The first-order valence-electron chi connectivity index (χ1n) is 6.91. The molecule has 1 aromatic heterocycles. The van der Waals surface area contributed by atoms with Crippen LogP contribution in [0.2, 0.25) is 0 Å². The van der Waals surface area contributed by atoms with Crippen LogP contribution < -0.4 is 10.4 Å². The molecule has 0 saturated heterocycles. The molecule has 1 aromatic carbocycles. The second kappa shape index (κ2) is 6.43. The number of esters is 1. The van der Waals surface area contributed by atoms with E-state index in [9.17, 15) is 9.59 Å². The van der Waals surface area contributed by atoms with Gasteiger partial charge in [-0.3, -0.25) is 0 Å². The van der Waals surface area contributed by atoms with Gasteiger partial charge in [0, 0.05) is 17.0 Å². The van der Waals surface area contributed by atoms with Crippen LogP contribution in [0.5, 0.6) is 5.75 Å². The molecule has 0 amide bonds. The summed E-state index contributed by atoms with van der Waals surface area (Å²) in [6.45, 7) is 5.66. The molecule has 5 heteroatoms. The van der Waals surface area contributed by atoms with E-state index in [1.165, 1.54) is 6.07 Å². The summed E-state index contributed by atoms with van der Waals surface area (Å²) in [4.78, 5) is 22.9. The molecular weight excluding hydrogens is 272 g/mol. The Kier molecular flexibility index (Phi) is 4.62. The fraction of sp³-hybridized carbons (Fsp3) is 0.375. The number of hydrogen-bond donors (Lipinski definition) is 0. The average molecular weight is 290 g/mol. The lowest BCUT2D eigenvalue weighted by Gasteiger charge is -2.11. The van der Waals surface area contributed by atoms with Crippen LogP contribution in [0.15, 0.2) is 27.4 Å². The number of benzene rings is 1. The zero-order chi connectivity index (χ0) is 15.4. The van der Waals surface area contributed by atoms with Crippen molar-refractivity contribution < 1.29 is 18.7 Å². The number of carbonyl (C=O) groups is 1. The van der Waals surface area contributed by atoms with Crippen LogP contribution in [0.4, 0.5) is 0 Å². The van der Waals surface area contributed by atoms with Gasteiger partial charge in [0.05, 0.1) is 6.61 Å². The van der Waals surface area contributed by atoms with Gasteiger partial charge in [0.1, 0.15) is 11.3 Å². The summed E-state index contributed by atoms with van der Waals surface area (Å²) >= 11 is 0. The van der Waals surface area contributed by atoms with Crippen molar-refractivity contribution in [1.82, 2.24) is 0 Å². The van der Waals surface area contributed by atoms with Gasteiger partial charge in [0.2, 0.25) is 0 Å². The van der Waals surface area contributed by atoms with Crippen LogP contribution in [-0.2, 0) is 16.0 Å². The number of aryl methyl sites for hydroxylation is 2. The molecule has 21 heavy (non-hydrogen) atoms. The molecule has 0 aliphatic carbocycles. The first-order chi connectivity index (χ1) is 10.1. The van der Waals surface area contributed by atoms with Crippen molar-refractivity contribution in [3.8, 4) is 5.75 Å². The second-order valence-electron chi connectivity index (χ2n) is 4.60. The van der Waals surface area contributed by atoms with Crippen molar-refractivity contribution >= 4 is 16.9 Å². The van der Waals surface area contributed by atoms with E-state index in [0.717, 1.165) is 17.4 Å². The fourth-order valence-corrected chi connectivity index (χ4v) is 2.20. The predicted molar refractivity (Wildman–Crippen MR) is 78.7 cm³/mol. The monoisotopic (exact) mass is 290 g/mol. The van der Waals surface area contributed by atoms with Gasteiger partial charge in [-0.25, -0.2) is 9.59 Å². The standard InChI is InChI=1S/C16H18O5/c1-4-11-8-14(17)21-16-10(3)13(7-6-12(11)16)20-9-15(18)19-5-2/h6-8H,4-5,9H2,1-3H3. The summed E-state index contributed by atoms with van der Waals surface area (Å²) in [5.41, 5.74) is 1.75. The second-order valence-corrected chi connectivity index (χ2v) is 4.60. The van der Waals surface area contributed by atoms with Gasteiger partial charge in [-0.15, -0.1) is 0 Å². The van der Waals surface area contributed by atoms with Crippen LogP contribution in [0.1, 0.15) is 25.0 Å². The van der Waals surface area contributed by atoms with E-state index < -0.39 is 5.97 Å². The highest BCUT2D eigenvalue weighted by molar-refractivity contribution is 5.85. The Hall–Kier alpha value is -2.30. The summed E-state index contributed by atoms with van der Waals surface area (Å²) in [5, 5.41) is 0.887. The minimum Gasteiger partial charge on any atom is -0.481 e. The highest BCUT2D eigenvalue weighted by Crippen LogP contribution is 2.28. The van der Waals surface area contributed by atoms with Crippen LogP contribution in [0.3, 0.4) is 0 Å². The third kappa shape index (κ3) is 3.24. The average Bonchev–Trinajstić information content (AvgIpc) is 2.46. The van der Waals surface area contributed by atoms with E-state index in [4.69, 9.17) is 13.9 Å². The first kappa shape index (κ1) is 15.1. The smallest absolute Gasteiger partial charge is 0.344 e. The molecule has 0 saturated carbocycles. The molecule has 2 aromatic rings. The molecule has 2 rings (SSSR count). The van der Waals surface area contributed by atoms with Gasteiger partial charge >= 0.3 is 11.6 Å². The summed E-state index contributed by atoms with van der Waals surface area (Å²) in [6, 6.07) is 5.11. The fourth-order valence-electron chi connectivity index (χ4n) is 2.20. The molecule has 0 N–H and O–H groups in total. The molecule has 0 unspecified atom stereocenters. The quantitative estimate of drug-likeness (QED) is 0.625. The van der Waals surface area contributed by atoms with Crippen molar-refractivity contribution in [2.45, 2.75) is 27.2 Å². The van der Waals surface area contributed by atoms with E-state index >= 15 is 0 Å². The number of rotatable bonds is 5. The number of carbonyl (C=O) groups excluding carboxylic acids is 1. The molecule has 0 aliphatic heterocycles. The molecule has 0 spiro atoms. The Morgan fingerprint density at radius 3 is 2.71 bits per heavy atom. The summed E-state index contributed by atoms with van der Waals surface area (Å²) in [5.74, 6) is 0.0766. The maximum atomic E-state index is 11.6. The normalized spacial score (nSPS) is 10.6. The lowest BCUT2D eigenvalue weighted by Crippen LogP contribution is -2.15. The topological polar surface area (TPSA) is 65.7 Å². The minimum absolute atomic E-state index is 0.169. The predicted octanol–water partition coefficient (Wildman–Crippen LogP) is 2.61. The van der Waals surface area contributed by atoms with Crippen LogP contribution in [0.25, 0.3) is 11.0 Å². The van der Waals surface area contributed by atoms with Gasteiger partial charge in [0.15, 0.2) is 6.61 Å². The molecule has 0 bridgehead atoms. The van der Waals surface area contributed by atoms with Gasteiger partial charge in [0.25, 0.3) is 0 Å². The van der Waals surface area contributed by atoms with Crippen LogP contribution >= 0.6 is 0 Å². The lowest BCUT2D eigenvalue weighted by molar-refractivity contribution is -0.145. The molecular formula is C16H18O5. The van der Waals surface area contributed by atoms with Crippen molar-refractivity contribution in [1.29, 1.82) is 0 Å². The highest BCUT2D eigenvalue weighted by atomic mass is 16.6. The Bertz CT molecular complexity index is 714. The summed E-state index contributed by atoms with van der Waals surface area (Å²) in [6.07, 6.45) is 0.741. The zero-order valence-corrected chi connectivity index (χ0v) is 12.4. The number of hydrogen-bond acceptors (Lipinski definition) is 5. The van der Waals surface area contributed by atoms with Crippen molar-refractivity contribution in [3.05, 3.63) is 39.7 Å². The number of fused-ring (bicyclic) bond motifs is 1. The van der Waals surface area contributed by atoms with E-state index in [-0.39, 0.29) is 12.2 Å². The lowest BCUT2D eigenvalue weighted by atomic mass is 10.0. The summed E-state index contributed by atoms with van der Waals surface area (Å²) < 4.78 is 15.5. The van der Waals surface area contributed by atoms with Gasteiger partial charge in [-0.1, -0.05) is 6.92 Å². The Labute approximate surface area is 122 Å². The highest BCUT2D eigenvalue weighted by Gasteiger charge is 2.12. The maximum absolute atomic E-state index is 11.6. The van der Waals surface area contributed by atoms with Crippen molar-refractivity contribution in [3.63, 3.8) is 0 Å². The van der Waals surface area contributed by atoms with Gasteiger partial charge in [-0.2, -0.15) is 0 Å². The van der Waals surface area contributed by atoms with Crippen molar-refractivity contribution in [2.24, 2.45) is 0 Å². The van der Waals surface area contributed by atoms with E-state index in [2.05, 4.69) is 0 Å². The Morgan fingerprint density at radius 2 is 2.05 bits per heavy atom. The third-order valence-electron chi connectivity index (χ3n) is 3.23. The maximum Gasteiger partial charge on any atom is 0.344 e. The number of ether oxygens (including phenoxy) is 2. The van der Waals surface area contributed by atoms with Gasteiger partial charge in [-0.05, 0) is 38.0 Å². The van der Waals surface area contributed by atoms with E-state index in [1.807, 2.05) is 13.0 Å². The molecule has 0 atom stereocenters. The van der Waals surface area contributed by atoms with E-state index in [1.54, 1.807) is 19.9 Å². The molecule has 112 valence electrons. The summed E-state index contributed by atoms with van der Waals surface area (Å²) in [7, 11) is 0. The molecule has 0 radical (unpaired) electrons. The molecule has 0 aliphatic rings. The Balaban J connectivity index is 2.37. The zero-order valence-electron chi connectivity index (χ0n) is 12.4. The largest absolute Gasteiger partial charge is 0.481 e. The molecule has 5 nitrogen and oxygen atoms in total. The molecule has 0 fully saturated rings. The minimum atomic E-state index is -0.430. The SMILES string of the molecule is CCOC(=O)COc1ccc2c(CC)cc(=O)oc2c1C. The first-order valence-corrected chi connectivity index (χ1v) is 6.91. The van der Waals surface area contributed by atoms with Crippen LogP contribution in [0, 0.1) is 6.92 Å². The third-order valence-corrected chi connectivity index (χ3v) is 3.23. The Morgan fingerprint density at radius 1 is 1.29 bits per heavy atom. The van der Waals surface area contributed by atoms with Crippen LogP contribution in [-0.4, -0.2) is 19.2 Å². The van der Waals surface area contributed by atoms with Gasteiger partial charge < -0.3 is 13.9 Å². The molecule has 1 heterocycles.